The van der Waals surface area contributed by atoms with Crippen molar-refractivity contribution >= 4 is 29.3 Å². The van der Waals surface area contributed by atoms with E-state index in [1.54, 1.807) is 36.8 Å². The highest BCUT2D eigenvalue weighted by Crippen LogP contribution is 2.30. The molecule has 3 heterocycles. The normalized spacial score (nSPS) is 16.7. The van der Waals surface area contributed by atoms with Crippen molar-refractivity contribution in [1.29, 1.82) is 0 Å². The molecular weight excluding hydrogens is 507 g/mol. The van der Waals surface area contributed by atoms with Gasteiger partial charge in [-0.3, -0.25) is 14.2 Å². The average molecular weight is 532 g/mol. The first-order valence-electron chi connectivity index (χ1n) is 12.0. The standard InChI is InChI=1S/C28H24F3N7O/c1-18-7-9-22(35-26(39)20-5-4-6-21(13-20)28(29,30)31)14-19(18)8-10-23-15-33-25-24(32-11-12-38(23)25)36-27(2)16-34-37(3)17-27/h4-7,9,11-16H,17H2,1-3H3,(H,32,36)(H,35,39). The number of halogens is 3. The maximum Gasteiger partial charge on any atom is 0.416 e. The topological polar surface area (TPSA) is 86.9 Å². The van der Waals surface area contributed by atoms with Gasteiger partial charge in [-0.1, -0.05) is 18.1 Å². The number of anilines is 2. The first-order valence-corrected chi connectivity index (χ1v) is 12.0. The smallest absolute Gasteiger partial charge is 0.355 e. The molecule has 198 valence electrons. The van der Waals surface area contributed by atoms with E-state index in [2.05, 4.69) is 37.5 Å². The molecular formula is C28H24F3N7O. The summed E-state index contributed by atoms with van der Waals surface area (Å²) in [7, 11) is 1.90. The van der Waals surface area contributed by atoms with E-state index >= 15 is 0 Å². The number of nitrogens with one attached hydrogen (secondary N) is 2. The molecule has 1 unspecified atom stereocenters. The SMILES string of the molecule is Cc1ccc(NC(=O)c2cccc(C(F)(F)F)c2)cc1C#Cc1cnc2c(NC3(C)C=NN(C)C3)nccn12. The Morgan fingerprint density at radius 1 is 1.13 bits per heavy atom. The van der Waals surface area contributed by atoms with Gasteiger partial charge >= 0.3 is 6.18 Å². The largest absolute Gasteiger partial charge is 0.416 e. The Labute approximate surface area is 222 Å². The highest BCUT2D eigenvalue weighted by Gasteiger charge is 2.31. The summed E-state index contributed by atoms with van der Waals surface area (Å²) in [5.74, 6) is 6.19. The minimum atomic E-state index is -4.53. The molecule has 0 radical (unpaired) electrons. The molecule has 5 rings (SSSR count). The number of carbonyl (C=O) groups excluding carboxylic acids is 1. The number of hydrazone groups is 1. The first-order chi connectivity index (χ1) is 18.5. The maximum absolute atomic E-state index is 13.0. The number of hydrogen-bond acceptors (Lipinski definition) is 6. The summed E-state index contributed by atoms with van der Waals surface area (Å²) in [6, 6.07) is 9.43. The number of fused-ring (bicyclic) bond motifs is 1. The second kappa shape index (κ2) is 9.79. The van der Waals surface area contributed by atoms with Gasteiger partial charge in [-0.15, -0.1) is 0 Å². The summed E-state index contributed by atoms with van der Waals surface area (Å²) in [4.78, 5) is 21.6. The number of rotatable bonds is 4. The van der Waals surface area contributed by atoms with Gasteiger partial charge in [-0.2, -0.15) is 18.3 Å². The highest BCUT2D eigenvalue weighted by atomic mass is 19.4. The van der Waals surface area contributed by atoms with Crippen molar-refractivity contribution < 1.29 is 18.0 Å². The van der Waals surface area contributed by atoms with E-state index < -0.39 is 23.2 Å². The van der Waals surface area contributed by atoms with Crippen molar-refractivity contribution in [1.82, 2.24) is 19.4 Å². The Kier molecular flexibility index (Phi) is 6.48. The lowest BCUT2D eigenvalue weighted by molar-refractivity contribution is -0.137. The van der Waals surface area contributed by atoms with E-state index in [0.29, 0.717) is 35.0 Å². The molecule has 2 aromatic carbocycles. The van der Waals surface area contributed by atoms with E-state index in [-0.39, 0.29) is 5.56 Å². The van der Waals surface area contributed by atoms with E-state index in [1.807, 2.05) is 36.5 Å². The zero-order valence-electron chi connectivity index (χ0n) is 21.3. The van der Waals surface area contributed by atoms with Crippen LogP contribution in [0.1, 0.15) is 39.7 Å². The summed E-state index contributed by atoms with van der Waals surface area (Å²) >= 11 is 0. The number of aryl methyl sites for hydroxylation is 1. The number of amides is 1. The fourth-order valence-electron chi connectivity index (χ4n) is 4.23. The van der Waals surface area contributed by atoms with Crippen LogP contribution in [0.15, 0.2) is 66.2 Å². The van der Waals surface area contributed by atoms with Crippen molar-refractivity contribution in [2.75, 3.05) is 24.2 Å². The van der Waals surface area contributed by atoms with Gasteiger partial charge in [0, 0.05) is 36.3 Å². The van der Waals surface area contributed by atoms with Gasteiger partial charge in [0.15, 0.2) is 11.5 Å². The number of imidazole rings is 1. The molecule has 0 saturated heterocycles. The minimum absolute atomic E-state index is 0.0915. The van der Waals surface area contributed by atoms with E-state index in [0.717, 1.165) is 17.7 Å². The number of nitrogens with zero attached hydrogens (tertiary/aromatic N) is 5. The lowest BCUT2D eigenvalue weighted by Gasteiger charge is -2.24. The average Bonchev–Trinajstić information content (AvgIpc) is 3.46. The Balaban J connectivity index is 1.38. The molecule has 1 amide bonds. The number of hydrogen-bond donors (Lipinski definition) is 2. The third-order valence-electron chi connectivity index (χ3n) is 6.20. The zero-order valence-corrected chi connectivity index (χ0v) is 21.3. The molecule has 0 aliphatic carbocycles. The predicted molar refractivity (Wildman–Crippen MR) is 143 cm³/mol. The monoisotopic (exact) mass is 531 g/mol. The second-order valence-electron chi connectivity index (χ2n) is 9.53. The Morgan fingerprint density at radius 3 is 2.69 bits per heavy atom. The van der Waals surface area contributed by atoms with Crippen LogP contribution in [0.3, 0.4) is 0 Å². The molecule has 39 heavy (non-hydrogen) atoms. The number of likely N-dealkylation sites (N-methyl/N-ethyl adjacent to an activating group) is 1. The van der Waals surface area contributed by atoms with Gasteiger partial charge in [0.2, 0.25) is 0 Å². The number of alkyl halides is 3. The van der Waals surface area contributed by atoms with E-state index in [1.165, 1.54) is 12.1 Å². The van der Waals surface area contributed by atoms with Crippen molar-refractivity contribution in [2.45, 2.75) is 25.6 Å². The van der Waals surface area contributed by atoms with Crippen molar-refractivity contribution in [2.24, 2.45) is 5.10 Å². The molecule has 8 nitrogen and oxygen atoms in total. The van der Waals surface area contributed by atoms with Crippen LogP contribution in [-0.4, -0.2) is 50.6 Å². The summed E-state index contributed by atoms with van der Waals surface area (Å²) in [6.45, 7) is 4.59. The Morgan fingerprint density at radius 2 is 1.95 bits per heavy atom. The van der Waals surface area contributed by atoms with E-state index in [9.17, 15) is 18.0 Å². The molecule has 0 bridgehead atoms. The van der Waals surface area contributed by atoms with Gasteiger partial charge in [-0.25, -0.2) is 9.97 Å². The lowest BCUT2D eigenvalue weighted by Crippen LogP contribution is -2.40. The molecule has 4 aromatic rings. The molecule has 1 aliphatic heterocycles. The van der Waals surface area contributed by atoms with Crippen LogP contribution >= 0.6 is 0 Å². The zero-order chi connectivity index (χ0) is 27.8. The highest BCUT2D eigenvalue weighted by molar-refractivity contribution is 6.04. The molecule has 0 fully saturated rings. The molecule has 0 spiro atoms. The summed E-state index contributed by atoms with van der Waals surface area (Å²) in [5.41, 5.74) is 1.82. The number of aromatic nitrogens is 3. The molecule has 0 saturated carbocycles. The maximum atomic E-state index is 13.0. The number of carbonyl (C=O) groups is 1. The molecule has 1 atom stereocenters. The van der Waals surface area contributed by atoms with Crippen LogP contribution in [-0.2, 0) is 6.18 Å². The lowest BCUT2D eigenvalue weighted by atomic mass is 10.1. The van der Waals surface area contributed by atoms with Crippen LogP contribution in [0.4, 0.5) is 24.7 Å². The summed E-state index contributed by atoms with van der Waals surface area (Å²) < 4.78 is 40.9. The van der Waals surface area contributed by atoms with Crippen LogP contribution in [0.5, 0.6) is 0 Å². The quantitative estimate of drug-likeness (QED) is 0.369. The summed E-state index contributed by atoms with van der Waals surface area (Å²) in [6.07, 6.45) is 2.39. The van der Waals surface area contributed by atoms with Crippen LogP contribution in [0.25, 0.3) is 5.65 Å². The Hall–Kier alpha value is -4.85. The second-order valence-corrected chi connectivity index (χ2v) is 9.53. The van der Waals surface area contributed by atoms with Gasteiger partial charge in [-0.05, 0) is 55.7 Å². The van der Waals surface area contributed by atoms with Gasteiger partial charge < -0.3 is 10.6 Å². The third-order valence-corrected chi connectivity index (χ3v) is 6.20. The van der Waals surface area contributed by atoms with Crippen molar-refractivity contribution in [3.05, 3.63) is 89.0 Å². The predicted octanol–water partition coefficient (Wildman–Crippen LogP) is 4.81. The minimum Gasteiger partial charge on any atom is -0.355 e. The third kappa shape index (κ3) is 5.55. The van der Waals surface area contributed by atoms with Crippen LogP contribution < -0.4 is 10.6 Å². The van der Waals surface area contributed by atoms with Crippen molar-refractivity contribution in [3.63, 3.8) is 0 Å². The molecule has 2 aromatic heterocycles. The van der Waals surface area contributed by atoms with Gasteiger partial charge in [0.1, 0.15) is 5.69 Å². The Bertz CT molecular complexity index is 1670. The van der Waals surface area contributed by atoms with Crippen LogP contribution in [0.2, 0.25) is 0 Å². The number of benzene rings is 2. The molecule has 1 aliphatic rings. The van der Waals surface area contributed by atoms with Gasteiger partial charge in [0.05, 0.1) is 30.1 Å². The van der Waals surface area contributed by atoms with Crippen LogP contribution in [0, 0.1) is 18.8 Å². The fourth-order valence-corrected chi connectivity index (χ4v) is 4.23. The summed E-state index contributed by atoms with van der Waals surface area (Å²) in [5, 5.41) is 12.2. The van der Waals surface area contributed by atoms with Crippen molar-refractivity contribution in [3.8, 4) is 11.8 Å². The first kappa shape index (κ1) is 25.8. The molecule has 11 heteroatoms. The molecule has 2 N–H and O–H groups in total. The van der Waals surface area contributed by atoms with Gasteiger partial charge in [0.25, 0.3) is 5.91 Å². The van der Waals surface area contributed by atoms with E-state index in [4.69, 9.17) is 0 Å². The fraction of sp³-hybridized carbons (Fsp3) is 0.214.